The van der Waals surface area contributed by atoms with E-state index in [0.717, 1.165) is 63.8 Å². The summed E-state index contributed by atoms with van der Waals surface area (Å²) in [5.74, 6) is 0.760. The molecule has 15 nitrogen and oxygen atoms in total. The van der Waals surface area contributed by atoms with Gasteiger partial charge >= 0.3 is 17.1 Å². The van der Waals surface area contributed by atoms with Crippen molar-refractivity contribution in [3.05, 3.63) is 118 Å². The molecule has 0 spiro atoms. The minimum absolute atomic E-state index is 0.181. The third kappa shape index (κ3) is 16.9. The lowest BCUT2D eigenvalue weighted by Crippen LogP contribution is -2.55. The number of ether oxygens (including phenoxy) is 3. The van der Waals surface area contributed by atoms with E-state index in [4.69, 9.17) is 14.2 Å². The van der Waals surface area contributed by atoms with E-state index in [2.05, 4.69) is 0 Å². The van der Waals surface area contributed by atoms with Gasteiger partial charge in [-0.05, 0) is 102 Å². The van der Waals surface area contributed by atoms with Crippen molar-refractivity contribution in [1.29, 1.82) is 0 Å². The summed E-state index contributed by atoms with van der Waals surface area (Å²) in [5, 5.41) is 66.5. The Hall–Kier alpha value is -4.77. The summed E-state index contributed by atoms with van der Waals surface area (Å²) in [5.41, 5.74) is 2.66. The lowest BCUT2D eigenvalue weighted by Gasteiger charge is -2.28. The van der Waals surface area contributed by atoms with Crippen LogP contribution in [-0.4, -0.2) is 83.0 Å². The Bertz CT molecular complexity index is 2330. The molecule has 1 aromatic heterocycles. The summed E-state index contributed by atoms with van der Waals surface area (Å²) in [6, 6.07) is 11.6. The minimum atomic E-state index is -1.27. The summed E-state index contributed by atoms with van der Waals surface area (Å²) in [7, 11) is 0. The Kier molecular flexibility index (Phi) is 20.3. The molecule has 3 unspecified atom stereocenters. The molecule has 3 aromatic carbocycles. The molecule has 4 rings (SSSR count). The smallest absolute Gasteiger partial charge is 0.336 e. The van der Waals surface area contributed by atoms with E-state index in [1.54, 1.807) is 0 Å². The van der Waals surface area contributed by atoms with Gasteiger partial charge in [0.1, 0.15) is 17.2 Å². The third-order valence-corrected chi connectivity index (χ3v) is 13.7. The highest BCUT2D eigenvalue weighted by molar-refractivity contribution is 5.52. The molecule has 0 bridgehead atoms. The first-order chi connectivity index (χ1) is 34.2. The van der Waals surface area contributed by atoms with Crippen LogP contribution in [0.3, 0.4) is 0 Å². The van der Waals surface area contributed by atoms with Gasteiger partial charge in [0.2, 0.25) is 0 Å². The number of phenolic OH excluding ortho intramolecular Hbond substituents is 3. The molecular formula is C60H93N3O12. The van der Waals surface area contributed by atoms with Gasteiger partial charge < -0.3 is 44.8 Å². The molecule has 0 saturated carbocycles. The van der Waals surface area contributed by atoms with Crippen molar-refractivity contribution in [2.45, 2.75) is 234 Å². The largest absolute Gasteiger partial charge is 0.507 e. The zero-order valence-corrected chi connectivity index (χ0v) is 48.7. The first-order valence-electron chi connectivity index (χ1n) is 26.7. The van der Waals surface area contributed by atoms with Crippen molar-refractivity contribution in [1.82, 2.24) is 13.7 Å². The Balaban J connectivity index is 1.54. The summed E-state index contributed by atoms with van der Waals surface area (Å²) < 4.78 is 19.8. The van der Waals surface area contributed by atoms with Gasteiger partial charge in [0.05, 0.1) is 39.5 Å². The van der Waals surface area contributed by atoms with Crippen LogP contribution >= 0.6 is 0 Å². The van der Waals surface area contributed by atoms with Crippen LogP contribution in [0, 0.1) is 0 Å². The number of hydrogen-bond donors (Lipinski definition) is 6. The molecule has 0 fully saturated rings. The molecule has 15 heteroatoms. The second-order valence-electron chi connectivity index (χ2n) is 26.5. The van der Waals surface area contributed by atoms with Gasteiger partial charge in [-0.1, -0.05) is 161 Å². The highest BCUT2D eigenvalue weighted by Crippen LogP contribution is 2.43. The molecule has 0 radical (unpaired) electrons. The van der Waals surface area contributed by atoms with Gasteiger partial charge in [-0.3, -0.25) is 0 Å². The third-order valence-electron chi connectivity index (χ3n) is 13.7. The molecule has 420 valence electrons. The highest BCUT2D eigenvalue weighted by atomic mass is 16.6. The molecule has 0 saturated heterocycles. The number of aliphatic hydroxyl groups excluding tert-OH is 3. The number of rotatable bonds is 21. The van der Waals surface area contributed by atoms with Crippen LogP contribution in [0.15, 0.2) is 50.8 Å². The SMILES string of the molecule is CC(C)(C)c1cc(CCC(O)OCCn2c(=O)n(CCOC(O)CCc3cc(C(C)(C)C)c(O)c(C(C)(C)C)c3)c(=O)n(CCOC(O)CCc3cc(C(C)(C)C)c(O)c(C(C)(C)C)c3)c2=O)cc(C(C)(C)C)c1O. The lowest BCUT2D eigenvalue weighted by atomic mass is 9.78. The van der Waals surface area contributed by atoms with Gasteiger partial charge in [0, 0.05) is 19.3 Å². The molecule has 6 N–H and O–H groups in total. The Morgan fingerprint density at radius 2 is 0.533 bits per heavy atom. The molecule has 4 aromatic rings. The minimum Gasteiger partial charge on any atom is -0.507 e. The second-order valence-corrected chi connectivity index (χ2v) is 26.5. The number of benzene rings is 3. The number of aryl methyl sites for hydroxylation is 3. The average molecular weight is 1050 g/mol. The molecule has 3 atom stereocenters. The van der Waals surface area contributed by atoms with Crippen molar-refractivity contribution in [2.24, 2.45) is 0 Å². The first-order valence-corrected chi connectivity index (χ1v) is 26.7. The number of aromatic nitrogens is 3. The van der Waals surface area contributed by atoms with Gasteiger partial charge in [-0.25, -0.2) is 28.1 Å². The van der Waals surface area contributed by atoms with E-state index >= 15 is 0 Å². The fourth-order valence-electron chi connectivity index (χ4n) is 9.16. The normalized spacial score (nSPS) is 14.4. The summed E-state index contributed by atoms with van der Waals surface area (Å²) >= 11 is 0. The zero-order valence-electron chi connectivity index (χ0n) is 48.7. The molecule has 75 heavy (non-hydrogen) atoms. The molecule has 0 amide bonds. The lowest BCUT2D eigenvalue weighted by molar-refractivity contribution is -0.107. The fraction of sp³-hybridized carbons (Fsp3) is 0.650. The van der Waals surface area contributed by atoms with Crippen molar-refractivity contribution >= 4 is 0 Å². The maximum Gasteiger partial charge on any atom is 0.336 e. The van der Waals surface area contributed by atoms with Crippen LogP contribution in [0.5, 0.6) is 17.2 Å². The van der Waals surface area contributed by atoms with E-state index in [1.807, 2.05) is 161 Å². The van der Waals surface area contributed by atoms with Crippen molar-refractivity contribution in [3.63, 3.8) is 0 Å². The fourth-order valence-corrected chi connectivity index (χ4v) is 9.16. The number of phenols is 3. The van der Waals surface area contributed by atoms with Crippen LogP contribution in [0.2, 0.25) is 0 Å². The quantitative estimate of drug-likeness (QED) is 0.0432. The molecule has 0 aliphatic rings. The predicted octanol–water partition coefficient (Wildman–Crippen LogP) is 8.98. The van der Waals surface area contributed by atoms with E-state index in [1.165, 1.54) is 0 Å². The summed E-state index contributed by atoms with van der Waals surface area (Å²) in [6.07, 6.45) is -2.03. The Morgan fingerprint density at radius 3 is 0.693 bits per heavy atom. The molecular weight excluding hydrogens is 955 g/mol. The molecule has 0 aliphatic heterocycles. The van der Waals surface area contributed by atoms with Crippen molar-refractivity contribution in [2.75, 3.05) is 19.8 Å². The summed E-state index contributed by atoms with van der Waals surface area (Å²) in [6.45, 7) is 34.7. The van der Waals surface area contributed by atoms with Gasteiger partial charge in [-0.15, -0.1) is 0 Å². The van der Waals surface area contributed by atoms with Crippen molar-refractivity contribution < 1.29 is 44.8 Å². The number of aliphatic hydroxyl groups is 3. The number of hydrogen-bond acceptors (Lipinski definition) is 12. The van der Waals surface area contributed by atoms with Crippen LogP contribution in [0.1, 0.15) is 194 Å². The van der Waals surface area contributed by atoms with Crippen molar-refractivity contribution in [3.8, 4) is 17.2 Å². The van der Waals surface area contributed by atoms with Crippen LogP contribution in [-0.2, 0) is 85.6 Å². The van der Waals surface area contributed by atoms with Crippen LogP contribution < -0.4 is 17.1 Å². The highest BCUT2D eigenvalue weighted by Gasteiger charge is 2.30. The topological polar surface area (TPSA) is 215 Å². The van der Waals surface area contributed by atoms with Gasteiger partial charge in [0.25, 0.3) is 0 Å². The van der Waals surface area contributed by atoms with E-state index in [0.29, 0.717) is 19.3 Å². The molecule has 1 heterocycles. The monoisotopic (exact) mass is 1050 g/mol. The van der Waals surface area contributed by atoms with Crippen LogP contribution in [0.4, 0.5) is 0 Å². The second kappa shape index (κ2) is 24.3. The maximum absolute atomic E-state index is 14.0. The standard InChI is InChI=1S/C60H93N3O12/c1-55(2,3)40-31-37(32-41(49(40)67)56(4,5)6)19-22-46(64)73-28-25-61-52(70)62(26-29-74-47(65)23-20-38-33-42(57(7,8)9)50(68)43(34-38)58(10,11)12)54(72)63(53(61)71)27-30-75-48(66)24-21-39-35-44(59(13,14)15)51(69)45(36-39)60(16,17)18/h31-36,46-48,64-69H,19-30H2,1-18H3. The van der Waals surface area contributed by atoms with E-state index < -0.39 is 35.9 Å². The summed E-state index contributed by atoms with van der Waals surface area (Å²) in [4.78, 5) is 42.0. The van der Waals surface area contributed by atoms with E-state index in [9.17, 15) is 45.0 Å². The number of aromatic hydroxyl groups is 3. The number of nitrogens with zero attached hydrogens (tertiary/aromatic N) is 3. The Labute approximate surface area is 446 Å². The Morgan fingerprint density at radius 1 is 0.360 bits per heavy atom. The first kappa shape index (κ1) is 62.8. The maximum atomic E-state index is 14.0. The predicted molar refractivity (Wildman–Crippen MR) is 297 cm³/mol. The van der Waals surface area contributed by atoms with Crippen LogP contribution in [0.25, 0.3) is 0 Å². The zero-order chi connectivity index (χ0) is 57.0. The molecule has 0 aliphatic carbocycles. The van der Waals surface area contributed by atoms with Gasteiger partial charge in [-0.2, -0.15) is 0 Å². The van der Waals surface area contributed by atoms with E-state index in [-0.39, 0.29) is 108 Å². The van der Waals surface area contributed by atoms with Gasteiger partial charge in [0.15, 0.2) is 18.9 Å². The average Bonchev–Trinajstić information content (AvgIpc) is 3.26.